The quantitative estimate of drug-likeness (QED) is 0.404. The van der Waals surface area contributed by atoms with Crippen molar-refractivity contribution in [1.82, 2.24) is 0 Å². The normalized spacial score (nSPS) is 10.5. The van der Waals surface area contributed by atoms with Gasteiger partial charge in [-0.1, -0.05) is 91.0 Å². The lowest BCUT2D eigenvalue weighted by Crippen LogP contribution is -2.11. The van der Waals surface area contributed by atoms with Gasteiger partial charge < -0.3 is 10.5 Å². The highest BCUT2D eigenvalue weighted by atomic mass is 16.5. The summed E-state index contributed by atoms with van der Waals surface area (Å²) in [5.74, 6) is 1.18. The molecule has 1 amide bonds. The fraction of sp³-hybridized carbons (Fsp3) is 0.0741. The Hall–Kier alpha value is -3.85. The van der Waals surface area contributed by atoms with E-state index in [9.17, 15) is 4.79 Å². The standard InChI is InChI=1S/C27H23NO2/c28-25(29)19-17-22-16-18-24(20-10-4-1-5-11-20)26(21-12-6-2-7-13-21)27(22)30-23-14-8-3-9-15-23/h1-16,18H,17,19H2,(H2,28,29). The molecule has 0 aromatic heterocycles. The molecule has 0 unspecified atom stereocenters. The number of benzene rings is 4. The summed E-state index contributed by atoms with van der Waals surface area (Å²) >= 11 is 0. The molecule has 0 aliphatic heterocycles. The molecule has 0 aliphatic rings. The Bertz CT molecular complexity index is 1120. The summed E-state index contributed by atoms with van der Waals surface area (Å²) in [6.07, 6.45) is 0.788. The van der Waals surface area contributed by atoms with Crippen molar-refractivity contribution in [2.75, 3.05) is 0 Å². The van der Waals surface area contributed by atoms with E-state index in [1.165, 1.54) is 0 Å². The molecule has 148 valence electrons. The van der Waals surface area contributed by atoms with Crippen molar-refractivity contribution >= 4 is 5.91 Å². The first-order valence-electron chi connectivity index (χ1n) is 10.0. The largest absolute Gasteiger partial charge is 0.456 e. The zero-order valence-corrected chi connectivity index (χ0v) is 16.6. The summed E-state index contributed by atoms with van der Waals surface area (Å²) in [6, 6.07) is 34.3. The number of carbonyl (C=O) groups is 1. The minimum atomic E-state index is -0.325. The first-order valence-corrected chi connectivity index (χ1v) is 10.0. The van der Waals surface area contributed by atoms with Crippen molar-refractivity contribution in [3.8, 4) is 33.8 Å². The van der Waals surface area contributed by atoms with Gasteiger partial charge in [-0.3, -0.25) is 4.79 Å². The highest BCUT2D eigenvalue weighted by Gasteiger charge is 2.19. The second kappa shape index (κ2) is 9.10. The second-order valence-electron chi connectivity index (χ2n) is 7.09. The van der Waals surface area contributed by atoms with Crippen LogP contribution in [0.15, 0.2) is 103 Å². The first kappa shape index (κ1) is 19.5. The van der Waals surface area contributed by atoms with Crippen LogP contribution in [0.1, 0.15) is 12.0 Å². The van der Waals surface area contributed by atoms with Crippen LogP contribution in [0.25, 0.3) is 22.3 Å². The smallest absolute Gasteiger partial charge is 0.217 e. The molecule has 4 rings (SSSR count). The second-order valence-corrected chi connectivity index (χ2v) is 7.09. The zero-order valence-electron chi connectivity index (χ0n) is 16.6. The number of hydrogen-bond acceptors (Lipinski definition) is 2. The molecule has 3 nitrogen and oxygen atoms in total. The molecule has 4 aromatic carbocycles. The topological polar surface area (TPSA) is 52.3 Å². The van der Waals surface area contributed by atoms with Gasteiger partial charge in [-0.25, -0.2) is 0 Å². The van der Waals surface area contributed by atoms with Crippen molar-refractivity contribution in [2.24, 2.45) is 5.73 Å². The number of carbonyl (C=O) groups excluding carboxylic acids is 1. The SMILES string of the molecule is NC(=O)CCc1ccc(-c2ccccc2)c(-c2ccccc2)c1Oc1ccccc1. The summed E-state index contributed by atoms with van der Waals surface area (Å²) in [5, 5.41) is 0. The van der Waals surface area contributed by atoms with Gasteiger partial charge >= 0.3 is 0 Å². The van der Waals surface area contributed by atoms with Crippen LogP contribution in [0.2, 0.25) is 0 Å². The Morgan fingerprint density at radius 1 is 0.700 bits per heavy atom. The Labute approximate surface area is 176 Å². The zero-order chi connectivity index (χ0) is 20.8. The van der Waals surface area contributed by atoms with E-state index in [1.54, 1.807) is 0 Å². The van der Waals surface area contributed by atoms with Gasteiger partial charge in [0.15, 0.2) is 0 Å². The van der Waals surface area contributed by atoms with E-state index in [0.29, 0.717) is 6.42 Å². The van der Waals surface area contributed by atoms with Gasteiger partial charge in [0.05, 0.1) is 0 Å². The lowest BCUT2D eigenvalue weighted by atomic mass is 9.90. The monoisotopic (exact) mass is 393 g/mol. The van der Waals surface area contributed by atoms with Crippen LogP contribution in [0.4, 0.5) is 0 Å². The number of aryl methyl sites for hydroxylation is 1. The molecule has 2 N–H and O–H groups in total. The van der Waals surface area contributed by atoms with E-state index in [4.69, 9.17) is 10.5 Å². The predicted molar refractivity (Wildman–Crippen MR) is 121 cm³/mol. The minimum absolute atomic E-state index is 0.268. The lowest BCUT2D eigenvalue weighted by molar-refractivity contribution is -0.117. The van der Waals surface area contributed by atoms with E-state index < -0.39 is 0 Å². The average molecular weight is 393 g/mol. The van der Waals surface area contributed by atoms with Gasteiger partial charge in [0.1, 0.15) is 11.5 Å². The molecular weight excluding hydrogens is 370 g/mol. The Morgan fingerprint density at radius 3 is 1.87 bits per heavy atom. The Morgan fingerprint density at radius 2 is 1.27 bits per heavy atom. The summed E-state index contributed by atoms with van der Waals surface area (Å²) < 4.78 is 6.44. The van der Waals surface area contributed by atoms with Gasteiger partial charge in [0.2, 0.25) is 5.91 Å². The van der Waals surface area contributed by atoms with Crippen molar-refractivity contribution in [3.05, 3.63) is 109 Å². The third kappa shape index (κ3) is 4.41. The maximum Gasteiger partial charge on any atom is 0.217 e. The van der Waals surface area contributed by atoms with Crippen LogP contribution in [0.3, 0.4) is 0 Å². The molecule has 0 heterocycles. The third-order valence-corrected chi connectivity index (χ3v) is 4.99. The van der Waals surface area contributed by atoms with Crippen LogP contribution in [0.5, 0.6) is 11.5 Å². The predicted octanol–water partition coefficient (Wildman–Crippen LogP) is 6.23. The first-order chi connectivity index (χ1) is 14.7. The molecule has 0 aliphatic carbocycles. The molecule has 3 heteroatoms. The molecule has 0 saturated heterocycles. The fourth-order valence-corrected chi connectivity index (χ4v) is 3.55. The number of para-hydroxylation sites is 1. The molecule has 0 fully saturated rings. The minimum Gasteiger partial charge on any atom is -0.456 e. The van der Waals surface area contributed by atoms with Gasteiger partial charge in [0.25, 0.3) is 0 Å². The summed E-state index contributed by atoms with van der Waals surface area (Å²) in [5.41, 5.74) is 10.6. The number of hydrogen-bond donors (Lipinski definition) is 1. The third-order valence-electron chi connectivity index (χ3n) is 4.99. The number of primary amides is 1. The molecule has 0 spiro atoms. The van der Waals surface area contributed by atoms with Crippen LogP contribution >= 0.6 is 0 Å². The van der Waals surface area contributed by atoms with Crippen molar-refractivity contribution < 1.29 is 9.53 Å². The highest BCUT2D eigenvalue weighted by molar-refractivity contribution is 5.89. The highest BCUT2D eigenvalue weighted by Crippen LogP contribution is 2.43. The Balaban J connectivity index is 1.94. The van der Waals surface area contributed by atoms with Crippen LogP contribution in [-0.2, 0) is 11.2 Å². The van der Waals surface area contributed by atoms with E-state index >= 15 is 0 Å². The number of ether oxygens (including phenoxy) is 1. The fourth-order valence-electron chi connectivity index (χ4n) is 3.55. The molecule has 0 radical (unpaired) electrons. The van der Waals surface area contributed by atoms with Crippen molar-refractivity contribution in [1.29, 1.82) is 0 Å². The molecule has 30 heavy (non-hydrogen) atoms. The summed E-state index contributed by atoms with van der Waals surface area (Å²) in [4.78, 5) is 11.5. The maximum atomic E-state index is 11.5. The van der Waals surface area contributed by atoms with Gasteiger partial charge in [-0.15, -0.1) is 0 Å². The molecule has 4 aromatic rings. The summed E-state index contributed by atoms with van der Waals surface area (Å²) in [6.45, 7) is 0. The van der Waals surface area contributed by atoms with Gasteiger partial charge in [-0.05, 0) is 40.8 Å². The number of amides is 1. The molecule has 0 saturated carbocycles. The van der Waals surface area contributed by atoms with Crippen LogP contribution in [-0.4, -0.2) is 5.91 Å². The van der Waals surface area contributed by atoms with E-state index in [-0.39, 0.29) is 12.3 Å². The van der Waals surface area contributed by atoms with E-state index in [2.05, 4.69) is 30.3 Å². The van der Waals surface area contributed by atoms with Crippen molar-refractivity contribution in [3.63, 3.8) is 0 Å². The Kier molecular flexibility index (Phi) is 5.90. The maximum absolute atomic E-state index is 11.5. The molecule has 0 atom stereocenters. The van der Waals surface area contributed by atoms with Crippen LogP contribution < -0.4 is 10.5 Å². The number of nitrogens with two attached hydrogens (primary N) is 1. The van der Waals surface area contributed by atoms with Gasteiger partial charge in [-0.2, -0.15) is 0 Å². The van der Waals surface area contributed by atoms with Crippen LogP contribution in [0, 0.1) is 0 Å². The lowest BCUT2D eigenvalue weighted by Gasteiger charge is -2.20. The van der Waals surface area contributed by atoms with Gasteiger partial charge in [0, 0.05) is 12.0 Å². The number of rotatable bonds is 7. The molecule has 0 bridgehead atoms. The van der Waals surface area contributed by atoms with E-state index in [1.807, 2.05) is 72.8 Å². The van der Waals surface area contributed by atoms with Crippen molar-refractivity contribution in [2.45, 2.75) is 12.8 Å². The summed E-state index contributed by atoms with van der Waals surface area (Å²) in [7, 11) is 0. The van der Waals surface area contributed by atoms with E-state index in [0.717, 1.165) is 39.3 Å². The molecular formula is C27H23NO2. The average Bonchev–Trinajstić information content (AvgIpc) is 2.79.